The van der Waals surface area contributed by atoms with Crippen LogP contribution in [0.2, 0.25) is 5.02 Å². The van der Waals surface area contributed by atoms with E-state index in [0.717, 1.165) is 0 Å². The molecule has 0 spiro atoms. The number of hydrogen-bond acceptors (Lipinski definition) is 4. The highest BCUT2D eigenvalue weighted by atomic mass is 35.5. The number of nitrogens with one attached hydrogen (secondary N) is 1. The fraction of sp³-hybridized carbons (Fsp3) is 0.500. The van der Waals surface area contributed by atoms with Crippen LogP contribution in [0.4, 0.5) is 0 Å². The summed E-state index contributed by atoms with van der Waals surface area (Å²) in [5.74, 6) is 0.548. The molecule has 0 aliphatic rings. The molecule has 4 nitrogen and oxygen atoms in total. The molecular formula is C12H18ClNO3. The van der Waals surface area contributed by atoms with E-state index in [2.05, 4.69) is 5.32 Å². The molecule has 0 aliphatic carbocycles. The number of ether oxygens (including phenoxy) is 1. The van der Waals surface area contributed by atoms with Crippen molar-refractivity contribution in [3.8, 4) is 5.75 Å². The van der Waals surface area contributed by atoms with Gasteiger partial charge >= 0.3 is 0 Å². The maximum Gasteiger partial charge on any atom is 0.137 e. The monoisotopic (exact) mass is 259 g/mol. The molecule has 0 saturated heterocycles. The van der Waals surface area contributed by atoms with Gasteiger partial charge < -0.3 is 20.3 Å². The van der Waals surface area contributed by atoms with Crippen molar-refractivity contribution in [2.24, 2.45) is 0 Å². The molecule has 1 rings (SSSR count). The zero-order chi connectivity index (χ0) is 12.8. The predicted molar refractivity (Wildman–Crippen MR) is 67.5 cm³/mol. The Balaban J connectivity index is 2.74. The summed E-state index contributed by atoms with van der Waals surface area (Å²) < 4.78 is 5.02. The van der Waals surface area contributed by atoms with E-state index in [0.29, 0.717) is 29.3 Å². The molecule has 0 bridgehead atoms. The third-order valence-corrected chi connectivity index (χ3v) is 2.87. The van der Waals surface area contributed by atoms with Crippen LogP contribution in [-0.4, -0.2) is 37.0 Å². The Morgan fingerprint density at radius 2 is 2.12 bits per heavy atom. The lowest BCUT2D eigenvalue weighted by Crippen LogP contribution is -2.23. The van der Waals surface area contributed by atoms with E-state index in [4.69, 9.17) is 16.3 Å². The predicted octanol–water partition coefficient (Wildman–Crippen LogP) is 1.35. The standard InChI is InChI=1S/C12H18ClNO3/c1-14-6-5-10(15)12(16)8-3-4-11(17-2)9(13)7-8/h3-4,7,10,12,14-16H,5-6H2,1-2H3. The first kappa shape index (κ1) is 14.3. The average Bonchev–Trinajstić information content (AvgIpc) is 2.34. The van der Waals surface area contributed by atoms with E-state index >= 15 is 0 Å². The fourth-order valence-electron chi connectivity index (χ4n) is 1.54. The van der Waals surface area contributed by atoms with Crippen LogP contribution >= 0.6 is 11.6 Å². The zero-order valence-corrected chi connectivity index (χ0v) is 10.7. The molecule has 5 heteroatoms. The molecule has 0 saturated carbocycles. The van der Waals surface area contributed by atoms with Crippen molar-refractivity contribution >= 4 is 11.6 Å². The first-order chi connectivity index (χ1) is 8.10. The second kappa shape index (κ2) is 6.81. The normalized spacial score (nSPS) is 14.4. The number of hydrogen-bond donors (Lipinski definition) is 3. The Morgan fingerprint density at radius 1 is 1.41 bits per heavy atom. The maximum atomic E-state index is 9.93. The summed E-state index contributed by atoms with van der Waals surface area (Å²) in [7, 11) is 3.32. The van der Waals surface area contributed by atoms with Gasteiger partial charge in [-0.1, -0.05) is 17.7 Å². The van der Waals surface area contributed by atoms with Crippen molar-refractivity contribution in [3.63, 3.8) is 0 Å². The Morgan fingerprint density at radius 3 is 2.65 bits per heavy atom. The highest BCUT2D eigenvalue weighted by molar-refractivity contribution is 6.32. The summed E-state index contributed by atoms with van der Waals surface area (Å²) >= 11 is 5.95. The van der Waals surface area contributed by atoms with Crippen LogP contribution in [0.3, 0.4) is 0 Å². The Hall–Kier alpha value is -0.810. The number of rotatable bonds is 6. The van der Waals surface area contributed by atoms with E-state index in [1.165, 1.54) is 7.11 Å². The molecule has 0 radical (unpaired) electrons. The maximum absolute atomic E-state index is 9.93. The van der Waals surface area contributed by atoms with Crippen LogP contribution in [0, 0.1) is 0 Å². The second-order valence-electron chi connectivity index (χ2n) is 3.80. The van der Waals surface area contributed by atoms with Gasteiger partial charge in [-0.2, -0.15) is 0 Å². The molecule has 1 aromatic rings. The smallest absolute Gasteiger partial charge is 0.137 e. The quantitative estimate of drug-likeness (QED) is 0.722. The van der Waals surface area contributed by atoms with Crippen molar-refractivity contribution in [3.05, 3.63) is 28.8 Å². The van der Waals surface area contributed by atoms with Gasteiger partial charge in [-0.3, -0.25) is 0 Å². The lowest BCUT2D eigenvalue weighted by atomic mass is 10.0. The van der Waals surface area contributed by atoms with Crippen LogP contribution in [0.25, 0.3) is 0 Å². The van der Waals surface area contributed by atoms with Crippen LogP contribution in [-0.2, 0) is 0 Å². The SMILES string of the molecule is CNCCC(O)C(O)c1ccc(OC)c(Cl)c1. The van der Waals surface area contributed by atoms with Crippen molar-refractivity contribution < 1.29 is 14.9 Å². The average molecular weight is 260 g/mol. The molecule has 2 atom stereocenters. The highest BCUT2D eigenvalue weighted by Gasteiger charge is 2.18. The van der Waals surface area contributed by atoms with Crippen LogP contribution < -0.4 is 10.1 Å². The highest BCUT2D eigenvalue weighted by Crippen LogP contribution is 2.29. The zero-order valence-electron chi connectivity index (χ0n) is 9.98. The fourth-order valence-corrected chi connectivity index (χ4v) is 1.80. The first-order valence-electron chi connectivity index (χ1n) is 5.44. The first-order valence-corrected chi connectivity index (χ1v) is 5.82. The van der Waals surface area contributed by atoms with E-state index in [-0.39, 0.29) is 0 Å². The van der Waals surface area contributed by atoms with Gasteiger partial charge in [0.1, 0.15) is 11.9 Å². The topological polar surface area (TPSA) is 61.7 Å². The molecule has 3 N–H and O–H groups in total. The molecule has 1 aromatic carbocycles. The van der Waals surface area contributed by atoms with Gasteiger partial charge in [0.25, 0.3) is 0 Å². The van der Waals surface area contributed by atoms with Crippen LogP contribution in [0.5, 0.6) is 5.75 Å². The summed E-state index contributed by atoms with van der Waals surface area (Å²) in [6.45, 7) is 0.641. The van der Waals surface area contributed by atoms with E-state index < -0.39 is 12.2 Å². The molecule has 0 fully saturated rings. The van der Waals surface area contributed by atoms with Gasteiger partial charge in [-0.15, -0.1) is 0 Å². The third-order valence-electron chi connectivity index (χ3n) is 2.57. The molecule has 17 heavy (non-hydrogen) atoms. The van der Waals surface area contributed by atoms with Crippen molar-refractivity contribution in [2.45, 2.75) is 18.6 Å². The lowest BCUT2D eigenvalue weighted by molar-refractivity contribution is 0.0140. The Bertz CT molecular complexity index is 360. The van der Waals surface area contributed by atoms with Gasteiger partial charge in [0.15, 0.2) is 0 Å². The van der Waals surface area contributed by atoms with Crippen LogP contribution in [0.1, 0.15) is 18.1 Å². The van der Waals surface area contributed by atoms with Gasteiger partial charge in [0, 0.05) is 0 Å². The van der Waals surface area contributed by atoms with Crippen molar-refractivity contribution in [2.75, 3.05) is 20.7 Å². The Labute approximate surface area is 106 Å². The van der Waals surface area contributed by atoms with E-state index in [1.54, 1.807) is 25.2 Å². The molecule has 0 heterocycles. The number of halogens is 1. The summed E-state index contributed by atoms with van der Waals surface area (Å²) in [5.41, 5.74) is 0.583. The van der Waals surface area contributed by atoms with E-state index in [9.17, 15) is 10.2 Å². The summed E-state index contributed by atoms with van der Waals surface area (Å²) in [4.78, 5) is 0. The number of aliphatic hydroxyl groups is 2. The van der Waals surface area contributed by atoms with E-state index in [1.807, 2.05) is 0 Å². The molecular weight excluding hydrogens is 242 g/mol. The molecule has 96 valence electrons. The van der Waals surface area contributed by atoms with Crippen LogP contribution in [0.15, 0.2) is 18.2 Å². The summed E-state index contributed by atoms with van der Waals surface area (Å²) in [6, 6.07) is 4.97. The van der Waals surface area contributed by atoms with Crippen molar-refractivity contribution in [1.82, 2.24) is 5.32 Å². The second-order valence-corrected chi connectivity index (χ2v) is 4.21. The minimum atomic E-state index is -0.938. The number of methoxy groups -OCH3 is 1. The number of benzene rings is 1. The Kier molecular flexibility index (Phi) is 5.71. The van der Waals surface area contributed by atoms with Gasteiger partial charge in [-0.05, 0) is 37.7 Å². The number of aliphatic hydroxyl groups excluding tert-OH is 2. The lowest BCUT2D eigenvalue weighted by Gasteiger charge is -2.18. The molecule has 2 unspecified atom stereocenters. The largest absolute Gasteiger partial charge is 0.495 e. The minimum Gasteiger partial charge on any atom is -0.495 e. The molecule has 0 amide bonds. The minimum absolute atomic E-state index is 0.421. The van der Waals surface area contributed by atoms with Crippen molar-refractivity contribution in [1.29, 1.82) is 0 Å². The van der Waals surface area contributed by atoms with Gasteiger partial charge in [0.05, 0.1) is 18.2 Å². The molecule has 0 aromatic heterocycles. The summed E-state index contributed by atoms with van der Waals surface area (Å²) in [5, 5.41) is 23.0. The van der Waals surface area contributed by atoms with Gasteiger partial charge in [0.2, 0.25) is 0 Å². The van der Waals surface area contributed by atoms with Gasteiger partial charge in [-0.25, -0.2) is 0 Å². The summed E-state index contributed by atoms with van der Waals surface area (Å²) in [6.07, 6.45) is -1.28. The molecule has 0 aliphatic heterocycles. The third kappa shape index (κ3) is 3.85.